The van der Waals surface area contributed by atoms with Crippen molar-refractivity contribution in [2.75, 3.05) is 0 Å². The highest BCUT2D eigenvalue weighted by Gasteiger charge is 2.15. The van der Waals surface area contributed by atoms with Gasteiger partial charge in [0.05, 0.1) is 6.54 Å². The van der Waals surface area contributed by atoms with E-state index in [0.29, 0.717) is 12.5 Å². The fourth-order valence-electron chi connectivity index (χ4n) is 2.07. The number of benzene rings is 1. The Morgan fingerprint density at radius 2 is 1.84 bits per heavy atom. The molecule has 0 aliphatic heterocycles. The lowest BCUT2D eigenvalue weighted by Gasteiger charge is -2.22. The molecule has 0 amide bonds. The van der Waals surface area contributed by atoms with Gasteiger partial charge in [-0.25, -0.2) is 4.39 Å². The normalized spacial score (nSPS) is 12.9. The third-order valence-corrected chi connectivity index (χ3v) is 3.45. The molecular formula is C15H17BrFNO. The van der Waals surface area contributed by atoms with E-state index in [1.165, 1.54) is 12.1 Å². The van der Waals surface area contributed by atoms with Crippen molar-refractivity contribution in [1.29, 1.82) is 0 Å². The summed E-state index contributed by atoms with van der Waals surface area (Å²) in [6.07, 6.45) is 0. The molecule has 1 heterocycles. The summed E-state index contributed by atoms with van der Waals surface area (Å²) in [4.78, 5) is 0. The van der Waals surface area contributed by atoms with Gasteiger partial charge < -0.3 is 9.73 Å². The zero-order valence-electron chi connectivity index (χ0n) is 11.0. The van der Waals surface area contributed by atoms with E-state index in [9.17, 15) is 4.39 Å². The van der Waals surface area contributed by atoms with Gasteiger partial charge in [0, 0.05) is 6.04 Å². The fraction of sp³-hybridized carbons (Fsp3) is 0.333. The summed E-state index contributed by atoms with van der Waals surface area (Å²) in [5.41, 5.74) is 1.09. The van der Waals surface area contributed by atoms with E-state index in [4.69, 9.17) is 4.42 Å². The average molecular weight is 326 g/mol. The van der Waals surface area contributed by atoms with Crippen molar-refractivity contribution in [3.05, 3.63) is 58.2 Å². The smallest absolute Gasteiger partial charge is 0.169 e. The lowest BCUT2D eigenvalue weighted by Crippen LogP contribution is -2.25. The van der Waals surface area contributed by atoms with E-state index in [0.717, 1.165) is 16.0 Å². The van der Waals surface area contributed by atoms with Crippen LogP contribution < -0.4 is 5.32 Å². The highest BCUT2D eigenvalue weighted by molar-refractivity contribution is 9.10. The van der Waals surface area contributed by atoms with Crippen LogP contribution in [0, 0.1) is 11.7 Å². The molecule has 0 radical (unpaired) electrons. The van der Waals surface area contributed by atoms with Crippen LogP contribution in [0.4, 0.5) is 4.39 Å². The summed E-state index contributed by atoms with van der Waals surface area (Å²) in [7, 11) is 0. The second kappa shape index (κ2) is 6.35. The summed E-state index contributed by atoms with van der Waals surface area (Å²) in [5, 5.41) is 3.45. The van der Waals surface area contributed by atoms with Crippen LogP contribution in [0.5, 0.6) is 0 Å². The molecule has 2 nitrogen and oxygen atoms in total. The van der Waals surface area contributed by atoms with Gasteiger partial charge in [-0.1, -0.05) is 26.0 Å². The number of hydrogen-bond acceptors (Lipinski definition) is 2. The van der Waals surface area contributed by atoms with Crippen molar-refractivity contribution >= 4 is 15.9 Å². The Bertz CT molecular complexity index is 521. The van der Waals surface area contributed by atoms with E-state index in [-0.39, 0.29) is 11.9 Å². The van der Waals surface area contributed by atoms with E-state index in [1.807, 2.05) is 24.3 Å². The predicted molar refractivity (Wildman–Crippen MR) is 77.2 cm³/mol. The standard InChI is InChI=1S/C15H17BrFNO/c1-10(2)15(11-3-5-12(17)6-4-11)18-9-13-7-8-14(16)19-13/h3-8,10,15,18H,9H2,1-2H3. The molecule has 4 heteroatoms. The van der Waals surface area contributed by atoms with Gasteiger partial charge in [0.15, 0.2) is 4.67 Å². The molecule has 0 fully saturated rings. The van der Waals surface area contributed by atoms with Crippen molar-refractivity contribution < 1.29 is 8.81 Å². The van der Waals surface area contributed by atoms with E-state index in [2.05, 4.69) is 35.1 Å². The van der Waals surface area contributed by atoms with Gasteiger partial charge in [-0.3, -0.25) is 0 Å². The zero-order chi connectivity index (χ0) is 13.8. The monoisotopic (exact) mass is 325 g/mol. The van der Waals surface area contributed by atoms with Crippen LogP contribution in [0.15, 0.2) is 45.5 Å². The number of nitrogens with one attached hydrogen (secondary N) is 1. The third kappa shape index (κ3) is 3.91. The minimum absolute atomic E-state index is 0.171. The Balaban J connectivity index is 2.06. The Labute approximate surface area is 121 Å². The maximum Gasteiger partial charge on any atom is 0.169 e. The molecule has 0 spiro atoms. The summed E-state index contributed by atoms with van der Waals surface area (Å²) in [6.45, 7) is 4.92. The summed E-state index contributed by atoms with van der Waals surface area (Å²) in [5.74, 6) is 1.07. The predicted octanol–water partition coefficient (Wildman–Crippen LogP) is 4.67. The molecule has 0 aliphatic carbocycles. The summed E-state index contributed by atoms with van der Waals surface area (Å²) >= 11 is 3.28. The van der Waals surface area contributed by atoms with Gasteiger partial charge in [0.25, 0.3) is 0 Å². The minimum atomic E-state index is -0.207. The van der Waals surface area contributed by atoms with Crippen molar-refractivity contribution in [2.45, 2.75) is 26.4 Å². The molecule has 1 N–H and O–H groups in total. The molecule has 1 aromatic carbocycles. The highest BCUT2D eigenvalue weighted by atomic mass is 79.9. The molecule has 1 atom stereocenters. The van der Waals surface area contributed by atoms with Crippen molar-refractivity contribution in [3.63, 3.8) is 0 Å². The molecule has 0 saturated heterocycles. The third-order valence-electron chi connectivity index (χ3n) is 3.02. The Morgan fingerprint density at radius 3 is 2.37 bits per heavy atom. The van der Waals surface area contributed by atoms with Gasteiger partial charge in [0.1, 0.15) is 11.6 Å². The van der Waals surface area contributed by atoms with Crippen LogP contribution in [0.3, 0.4) is 0 Å². The molecule has 1 aromatic heterocycles. The Kier molecular flexibility index (Phi) is 4.77. The highest BCUT2D eigenvalue weighted by Crippen LogP contribution is 2.23. The van der Waals surface area contributed by atoms with Crippen LogP contribution in [-0.4, -0.2) is 0 Å². The summed E-state index contributed by atoms with van der Waals surface area (Å²) < 4.78 is 19.2. The molecule has 1 unspecified atom stereocenters. The number of furan rings is 1. The zero-order valence-corrected chi connectivity index (χ0v) is 12.6. The first kappa shape index (κ1) is 14.3. The second-order valence-electron chi connectivity index (χ2n) is 4.86. The molecule has 2 aromatic rings. The molecule has 19 heavy (non-hydrogen) atoms. The van der Waals surface area contributed by atoms with Crippen LogP contribution in [0.1, 0.15) is 31.2 Å². The maximum atomic E-state index is 13.0. The van der Waals surface area contributed by atoms with Crippen LogP contribution >= 0.6 is 15.9 Å². The van der Waals surface area contributed by atoms with Gasteiger partial charge >= 0.3 is 0 Å². The van der Waals surface area contributed by atoms with E-state index < -0.39 is 0 Å². The van der Waals surface area contributed by atoms with Gasteiger partial charge in [-0.2, -0.15) is 0 Å². The molecule has 0 bridgehead atoms. The molecule has 2 rings (SSSR count). The molecule has 102 valence electrons. The first-order valence-corrected chi connectivity index (χ1v) is 7.08. The Morgan fingerprint density at radius 1 is 1.16 bits per heavy atom. The first-order chi connectivity index (χ1) is 9.06. The van der Waals surface area contributed by atoms with Gasteiger partial charge in [-0.15, -0.1) is 0 Å². The second-order valence-corrected chi connectivity index (χ2v) is 5.64. The number of rotatable bonds is 5. The SMILES string of the molecule is CC(C)C(NCc1ccc(Br)o1)c1ccc(F)cc1. The lowest BCUT2D eigenvalue weighted by atomic mass is 9.96. The van der Waals surface area contributed by atoms with E-state index in [1.54, 1.807) is 0 Å². The number of hydrogen-bond donors (Lipinski definition) is 1. The topological polar surface area (TPSA) is 25.2 Å². The van der Waals surface area contributed by atoms with Gasteiger partial charge in [-0.05, 0) is 51.7 Å². The van der Waals surface area contributed by atoms with Gasteiger partial charge in [0.2, 0.25) is 0 Å². The minimum Gasteiger partial charge on any atom is -0.453 e. The largest absolute Gasteiger partial charge is 0.453 e. The quantitative estimate of drug-likeness (QED) is 0.864. The van der Waals surface area contributed by atoms with Crippen molar-refractivity contribution in [1.82, 2.24) is 5.32 Å². The van der Waals surface area contributed by atoms with Crippen LogP contribution in [-0.2, 0) is 6.54 Å². The Hall–Kier alpha value is -1.13. The molecule has 0 saturated carbocycles. The van der Waals surface area contributed by atoms with E-state index >= 15 is 0 Å². The summed E-state index contributed by atoms with van der Waals surface area (Å²) in [6, 6.07) is 10.6. The van der Waals surface area contributed by atoms with Crippen molar-refractivity contribution in [2.24, 2.45) is 5.92 Å². The fourth-order valence-corrected chi connectivity index (χ4v) is 2.41. The maximum absolute atomic E-state index is 13.0. The number of halogens is 2. The molecular weight excluding hydrogens is 309 g/mol. The van der Waals surface area contributed by atoms with Crippen LogP contribution in [0.2, 0.25) is 0 Å². The van der Waals surface area contributed by atoms with Crippen molar-refractivity contribution in [3.8, 4) is 0 Å². The lowest BCUT2D eigenvalue weighted by molar-refractivity contribution is 0.380. The van der Waals surface area contributed by atoms with Crippen LogP contribution in [0.25, 0.3) is 0 Å². The first-order valence-electron chi connectivity index (χ1n) is 6.29. The average Bonchev–Trinajstić information content (AvgIpc) is 2.77. The molecule has 0 aliphatic rings.